The molecule has 0 aromatic rings. The van der Waals surface area contributed by atoms with E-state index in [4.69, 9.17) is 0 Å². The van der Waals surface area contributed by atoms with E-state index in [9.17, 15) is 9.90 Å². The summed E-state index contributed by atoms with van der Waals surface area (Å²) in [5, 5.41) is 9.32. The monoisotopic (exact) mass is 182 g/mol. The standard InChI is InChI=1S/C11H18O2/c1-10(2,3)9(12)7-6-8-11(4,5)13/h13H,8H2,1-5H3. The summed E-state index contributed by atoms with van der Waals surface area (Å²) in [6.07, 6.45) is 0.328. The van der Waals surface area contributed by atoms with Crippen molar-refractivity contribution in [2.24, 2.45) is 5.41 Å². The van der Waals surface area contributed by atoms with E-state index in [2.05, 4.69) is 11.8 Å². The lowest BCUT2D eigenvalue weighted by atomic mass is 9.91. The molecule has 0 rings (SSSR count). The number of rotatable bonds is 1. The van der Waals surface area contributed by atoms with E-state index in [0.717, 1.165) is 0 Å². The highest BCUT2D eigenvalue weighted by Crippen LogP contribution is 2.13. The topological polar surface area (TPSA) is 37.3 Å². The Balaban J connectivity index is 4.22. The predicted octanol–water partition coefficient (Wildman–Crippen LogP) is 1.77. The van der Waals surface area contributed by atoms with Crippen LogP contribution >= 0.6 is 0 Å². The Morgan fingerprint density at radius 2 is 1.69 bits per heavy atom. The molecule has 0 amide bonds. The molecule has 0 spiro atoms. The summed E-state index contributed by atoms with van der Waals surface area (Å²) < 4.78 is 0. The van der Waals surface area contributed by atoms with E-state index in [0.29, 0.717) is 6.42 Å². The number of ketones is 1. The largest absolute Gasteiger partial charge is 0.389 e. The van der Waals surface area contributed by atoms with Gasteiger partial charge in [0.25, 0.3) is 0 Å². The molecule has 0 bridgehead atoms. The Labute approximate surface area is 80.3 Å². The van der Waals surface area contributed by atoms with Gasteiger partial charge in [0.2, 0.25) is 5.78 Å². The van der Waals surface area contributed by atoms with E-state index in [1.54, 1.807) is 13.8 Å². The van der Waals surface area contributed by atoms with Gasteiger partial charge in [0.1, 0.15) is 0 Å². The van der Waals surface area contributed by atoms with Gasteiger partial charge in [-0.2, -0.15) is 0 Å². The van der Waals surface area contributed by atoms with Crippen LogP contribution in [0.1, 0.15) is 41.0 Å². The van der Waals surface area contributed by atoms with Crippen LogP contribution in [0, 0.1) is 17.3 Å². The molecule has 0 aromatic carbocycles. The van der Waals surface area contributed by atoms with Crippen LogP contribution in [0.4, 0.5) is 0 Å². The number of aliphatic hydroxyl groups is 1. The third-order valence-electron chi connectivity index (χ3n) is 1.40. The van der Waals surface area contributed by atoms with Crippen molar-refractivity contribution in [3.63, 3.8) is 0 Å². The molecule has 0 radical (unpaired) electrons. The van der Waals surface area contributed by atoms with Crippen LogP contribution in [0.3, 0.4) is 0 Å². The minimum atomic E-state index is -0.814. The maximum absolute atomic E-state index is 11.3. The van der Waals surface area contributed by atoms with Crippen molar-refractivity contribution in [1.82, 2.24) is 0 Å². The van der Waals surface area contributed by atoms with E-state index < -0.39 is 11.0 Å². The molecule has 0 saturated carbocycles. The second-order valence-electron chi connectivity index (χ2n) is 4.87. The molecule has 2 nitrogen and oxygen atoms in total. The first-order chi connectivity index (χ1) is 5.63. The zero-order valence-corrected chi connectivity index (χ0v) is 9.06. The molecule has 0 aromatic heterocycles. The smallest absolute Gasteiger partial charge is 0.210 e. The Hall–Kier alpha value is -0.810. The third kappa shape index (κ3) is 6.36. The van der Waals surface area contributed by atoms with E-state index in [-0.39, 0.29) is 5.78 Å². The van der Waals surface area contributed by atoms with Crippen LogP contribution in [-0.2, 0) is 4.79 Å². The molecule has 0 aliphatic rings. The normalized spacial score (nSPS) is 11.8. The fourth-order valence-corrected chi connectivity index (χ4v) is 0.528. The molecule has 0 saturated heterocycles. The molecule has 0 fully saturated rings. The van der Waals surface area contributed by atoms with Crippen molar-refractivity contribution >= 4 is 5.78 Å². The maximum atomic E-state index is 11.3. The average molecular weight is 182 g/mol. The van der Waals surface area contributed by atoms with Crippen molar-refractivity contribution < 1.29 is 9.90 Å². The van der Waals surface area contributed by atoms with Crippen LogP contribution < -0.4 is 0 Å². The lowest BCUT2D eigenvalue weighted by Gasteiger charge is -2.13. The van der Waals surface area contributed by atoms with E-state index >= 15 is 0 Å². The summed E-state index contributed by atoms with van der Waals surface area (Å²) in [6.45, 7) is 8.82. The minimum absolute atomic E-state index is 0.0863. The molecule has 0 unspecified atom stereocenters. The average Bonchev–Trinajstić information content (AvgIpc) is 1.82. The SMILES string of the molecule is CC(C)(O)CC#CC(=O)C(C)(C)C. The first kappa shape index (κ1) is 12.2. The zero-order valence-electron chi connectivity index (χ0n) is 9.06. The summed E-state index contributed by atoms with van der Waals surface area (Å²) >= 11 is 0. The van der Waals surface area contributed by atoms with Crippen molar-refractivity contribution in [1.29, 1.82) is 0 Å². The molecule has 0 atom stereocenters. The molecule has 0 aliphatic heterocycles. The lowest BCUT2D eigenvalue weighted by Crippen LogP contribution is -2.19. The maximum Gasteiger partial charge on any atom is 0.210 e. The molecular weight excluding hydrogens is 164 g/mol. The second kappa shape index (κ2) is 3.93. The number of carbonyl (C=O) groups excluding carboxylic acids is 1. The molecule has 1 N–H and O–H groups in total. The molecule has 0 aliphatic carbocycles. The lowest BCUT2D eigenvalue weighted by molar-refractivity contribution is -0.120. The fraction of sp³-hybridized carbons (Fsp3) is 0.727. The van der Waals surface area contributed by atoms with Crippen molar-refractivity contribution in [3.8, 4) is 11.8 Å². The Bertz CT molecular complexity index is 240. The van der Waals surface area contributed by atoms with Gasteiger partial charge in [-0.25, -0.2) is 0 Å². The van der Waals surface area contributed by atoms with Crippen LogP contribution in [0.25, 0.3) is 0 Å². The number of hydrogen-bond donors (Lipinski definition) is 1. The molecule has 0 heterocycles. The first-order valence-electron chi connectivity index (χ1n) is 4.38. The van der Waals surface area contributed by atoms with Crippen molar-refractivity contribution in [3.05, 3.63) is 0 Å². The molecule has 13 heavy (non-hydrogen) atoms. The third-order valence-corrected chi connectivity index (χ3v) is 1.40. The molecule has 2 heteroatoms. The predicted molar refractivity (Wildman–Crippen MR) is 53.2 cm³/mol. The highest BCUT2D eigenvalue weighted by atomic mass is 16.3. The second-order valence-corrected chi connectivity index (χ2v) is 4.87. The van der Waals surface area contributed by atoms with Crippen LogP contribution in [0.2, 0.25) is 0 Å². The summed E-state index contributed by atoms with van der Waals surface area (Å²) in [5.74, 6) is 5.13. The number of carbonyl (C=O) groups is 1. The Morgan fingerprint density at radius 3 is 2.00 bits per heavy atom. The summed E-state index contributed by atoms with van der Waals surface area (Å²) in [7, 11) is 0. The van der Waals surface area contributed by atoms with Crippen LogP contribution in [0.15, 0.2) is 0 Å². The molecule has 74 valence electrons. The Morgan fingerprint density at radius 1 is 1.23 bits per heavy atom. The number of hydrogen-bond acceptors (Lipinski definition) is 2. The zero-order chi connectivity index (χ0) is 10.7. The Kier molecular flexibility index (Phi) is 3.69. The van der Waals surface area contributed by atoms with Gasteiger partial charge in [-0.3, -0.25) is 4.79 Å². The molecular formula is C11H18O2. The van der Waals surface area contributed by atoms with Crippen LogP contribution in [0.5, 0.6) is 0 Å². The van der Waals surface area contributed by atoms with E-state index in [1.807, 2.05) is 20.8 Å². The van der Waals surface area contributed by atoms with Gasteiger partial charge in [-0.05, 0) is 19.8 Å². The van der Waals surface area contributed by atoms with Gasteiger partial charge in [0.05, 0.1) is 5.60 Å². The quantitative estimate of drug-likeness (QED) is 0.495. The van der Waals surface area contributed by atoms with E-state index in [1.165, 1.54) is 0 Å². The van der Waals surface area contributed by atoms with Gasteiger partial charge in [0, 0.05) is 11.8 Å². The van der Waals surface area contributed by atoms with Crippen LogP contribution in [-0.4, -0.2) is 16.5 Å². The van der Waals surface area contributed by atoms with Gasteiger partial charge < -0.3 is 5.11 Å². The summed E-state index contributed by atoms with van der Waals surface area (Å²) in [4.78, 5) is 11.3. The van der Waals surface area contributed by atoms with Gasteiger partial charge in [-0.15, -0.1) is 0 Å². The fourth-order valence-electron chi connectivity index (χ4n) is 0.528. The highest BCUT2D eigenvalue weighted by molar-refractivity contribution is 5.99. The van der Waals surface area contributed by atoms with Gasteiger partial charge >= 0.3 is 0 Å². The minimum Gasteiger partial charge on any atom is -0.389 e. The summed E-state index contributed by atoms with van der Waals surface area (Å²) in [6, 6.07) is 0. The highest BCUT2D eigenvalue weighted by Gasteiger charge is 2.19. The van der Waals surface area contributed by atoms with Crippen molar-refractivity contribution in [2.45, 2.75) is 46.6 Å². The first-order valence-corrected chi connectivity index (χ1v) is 4.38. The number of Topliss-reactive ketones (excluding diaryl/α,β-unsaturated/α-hetero) is 1. The van der Waals surface area contributed by atoms with Gasteiger partial charge in [-0.1, -0.05) is 26.7 Å². The summed E-state index contributed by atoms with van der Waals surface area (Å²) in [5.41, 5.74) is -1.22. The van der Waals surface area contributed by atoms with Gasteiger partial charge in [0.15, 0.2) is 0 Å². The van der Waals surface area contributed by atoms with Crippen molar-refractivity contribution in [2.75, 3.05) is 0 Å².